The summed E-state index contributed by atoms with van der Waals surface area (Å²) in [7, 11) is -3.72. The highest BCUT2D eigenvalue weighted by Gasteiger charge is 2.11. The molecule has 0 spiro atoms. The van der Waals surface area contributed by atoms with Crippen LogP contribution in [0.15, 0.2) is 53.4 Å². The predicted octanol–water partition coefficient (Wildman–Crippen LogP) is 2.15. The predicted molar refractivity (Wildman–Crippen MR) is 81.6 cm³/mol. The quantitative estimate of drug-likeness (QED) is 0.907. The summed E-state index contributed by atoms with van der Waals surface area (Å²) < 4.78 is 22.3. The van der Waals surface area contributed by atoms with Crippen molar-refractivity contribution < 1.29 is 13.2 Å². The molecule has 0 radical (unpaired) electrons. The number of rotatable bonds is 4. The Morgan fingerprint density at radius 2 is 1.71 bits per heavy atom. The molecule has 0 aromatic heterocycles. The molecule has 5 nitrogen and oxygen atoms in total. The number of amides is 1. The topological polar surface area (TPSA) is 89.3 Å². The standard InChI is InChI=1S/C15H16N2O3S/c1-2-11-5-3-4-6-14(11)15(18)17-12-7-9-13(10-8-12)21(16,19)20/h3-10H,2H2,1H3,(H,17,18)(H2,16,19,20). The van der Waals surface area contributed by atoms with E-state index in [2.05, 4.69) is 5.32 Å². The molecule has 0 aliphatic carbocycles. The van der Waals surface area contributed by atoms with E-state index >= 15 is 0 Å². The second kappa shape index (κ2) is 6.07. The van der Waals surface area contributed by atoms with Gasteiger partial charge >= 0.3 is 0 Å². The zero-order valence-corrected chi connectivity index (χ0v) is 12.4. The summed E-state index contributed by atoms with van der Waals surface area (Å²) in [4.78, 5) is 12.2. The number of carbonyl (C=O) groups is 1. The molecule has 0 saturated heterocycles. The monoisotopic (exact) mass is 304 g/mol. The van der Waals surface area contributed by atoms with Crippen LogP contribution >= 0.6 is 0 Å². The van der Waals surface area contributed by atoms with Crippen molar-refractivity contribution in [3.8, 4) is 0 Å². The van der Waals surface area contributed by atoms with Crippen LogP contribution in [-0.2, 0) is 16.4 Å². The molecule has 6 heteroatoms. The number of benzene rings is 2. The van der Waals surface area contributed by atoms with Gasteiger partial charge in [0, 0.05) is 11.3 Å². The molecule has 2 aromatic rings. The van der Waals surface area contributed by atoms with E-state index in [-0.39, 0.29) is 10.8 Å². The van der Waals surface area contributed by atoms with Gasteiger partial charge in [0.25, 0.3) is 5.91 Å². The van der Waals surface area contributed by atoms with Crippen LogP contribution in [0.25, 0.3) is 0 Å². The lowest BCUT2D eigenvalue weighted by Crippen LogP contribution is -2.15. The molecule has 21 heavy (non-hydrogen) atoms. The van der Waals surface area contributed by atoms with Crippen LogP contribution in [0.3, 0.4) is 0 Å². The normalized spacial score (nSPS) is 11.1. The molecule has 0 aliphatic rings. The Morgan fingerprint density at radius 1 is 1.10 bits per heavy atom. The van der Waals surface area contributed by atoms with E-state index in [0.717, 1.165) is 12.0 Å². The highest BCUT2D eigenvalue weighted by atomic mass is 32.2. The minimum Gasteiger partial charge on any atom is -0.322 e. The van der Waals surface area contributed by atoms with E-state index < -0.39 is 10.0 Å². The summed E-state index contributed by atoms with van der Waals surface area (Å²) in [6.07, 6.45) is 0.758. The summed E-state index contributed by atoms with van der Waals surface area (Å²) in [5.41, 5.74) is 2.07. The van der Waals surface area contributed by atoms with Gasteiger partial charge in [0.1, 0.15) is 0 Å². The first-order chi connectivity index (χ1) is 9.91. The highest BCUT2D eigenvalue weighted by molar-refractivity contribution is 7.89. The smallest absolute Gasteiger partial charge is 0.255 e. The van der Waals surface area contributed by atoms with Crippen molar-refractivity contribution in [1.82, 2.24) is 0 Å². The van der Waals surface area contributed by atoms with E-state index in [0.29, 0.717) is 11.3 Å². The van der Waals surface area contributed by atoms with Crippen LogP contribution in [0.2, 0.25) is 0 Å². The Kier molecular flexibility index (Phi) is 4.40. The van der Waals surface area contributed by atoms with Crippen molar-refractivity contribution in [2.24, 2.45) is 5.14 Å². The molecular weight excluding hydrogens is 288 g/mol. The molecule has 0 aliphatic heterocycles. The second-order valence-electron chi connectivity index (χ2n) is 4.53. The van der Waals surface area contributed by atoms with Crippen LogP contribution in [0.5, 0.6) is 0 Å². The molecule has 0 saturated carbocycles. The van der Waals surface area contributed by atoms with Crippen LogP contribution in [0, 0.1) is 0 Å². The first-order valence-electron chi connectivity index (χ1n) is 6.44. The first-order valence-corrected chi connectivity index (χ1v) is 7.98. The molecule has 2 aromatic carbocycles. The van der Waals surface area contributed by atoms with Gasteiger partial charge in [0.2, 0.25) is 10.0 Å². The number of nitrogens with two attached hydrogens (primary N) is 1. The van der Waals surface area contributed by atoms with Gasteiger partial charge in [-0.2, -0.15) is 0 Å². The lowest BCUT2D eigenvalue weighted by Gasteiger charge is -2.09. The summed E-state index contributed by atoms with van der Waals surface area (Å²) in [5.74, 6) is -0.226. The average molecular weight is 304 g/mol. The lowest BCUT2D eigenvalue weighted by molar-refractivity contribution is 0.102. The molecule has 1 amide bonds. The Labute approximate surface area is 123 Å². The van der Waals surface area contributed by atoms with Crippen molar-refractivity contribution in [3.05, 3.63) is 59.7 Å². The maximum Gasteiger partial charge on any atom is 0.255 e. The molecule has 0 bridgehead atoms. The summed E-state index contributed by atoms with van der Waals surface area (Å²) in [6.45, 7) is 1.98. The van der Waals surface area contributed by atoms with Crippen molar-refractivity contribution in [1.29, 1.82) is 0 Å². The van der Waals surface area contributed by atoms with Crippen molar-refractivity contribution in [3.63, 3.8) is 0 Å². The molecular formula is C15H16N2O3S. The van der Waals surface area contributed by atoms with Gasteiger partial charge < -0.3 is 5.32 Å². The molecule has 0 heterocycles. The Bertz CT molecular complexity index is 753. The van der Waals surface area contributed by atoms with Gasteiger partial charge in [0.15, 0.2) is 0 Å². The van der Waals surface area contributed by atoms with E-state index in [1.54, 1.807) is 12.1 Å². The fourth-order valence-electron chi connectivity index (χ4n) is 1.98. The van der Waals surface area contributed by atoms with Crippen LogP contribution in [0.1, 0.15) is 22.8 Å². The van der Waals surface area contributed by atoms with E-state index in [9.17, 15) is 13.2 Å². The first kappa shape index (κ1) is 15.2. The minimum absolute atomic E-state index is 0.00876. The number of carbonyl (C=O) groups excluding carboxylic acids is 1. The lowest BCUT2D eigenvalue weighted by atomic mass is 10.0. The number of primary sulfonamides is 1. The minimum atomic E-state index is -3.72. The maximum atomic E-state index is 12.2. The van der Waals surface area contributed by atoms with Crippen molar-refractivity contribution in [2.75, 3.05) is 5.32 Å². The summed E-state index contributed by atoms with van der Waals surface area (Å²) in [5, 5.41) is 7.76. The van der Waals surface area contributed by atoms with Gasteiger partial charge in [0.05, 0.1) is 4.90 Å². The van der Waals surface area contributed by atoms with Gasteiger partial charge in [-0.3, -0.25) is 4.79 Å². The number of hydrogen-bond acceptors (Lipinski definition) is 3. The third kappa shape index (κ3) is 3.68. The van der Waals surface area contributed by atoms with Gasteiger partial charge in [-0.05, 0) is 42.3 Å². The SMILES string of the molecule is CCc1ccccc1C(=O)Nc1ccc(S(N)(=O)=O)cc1. The summed E-state index contributed by atoms with van der Waals surface area (Å²) >= 11 is 0. The Morgan fingerprint density at radius 3 is 2.29 bits per heavy atom. The highest BCUT2D eigenvalue weighted by Crippen LogP contribution is 2.16. The Balaban J connectivity index is 2.20. The number of aryl methyl sites for hydroxylation is 1. The number of nitrogens with one attached hydrogen (secondary N) is 1. The molecule has 0 fully saturated rings. The third-order valence-corrected chi connectivity index (χ3v) is 4.01. The van der Waals surface area contributed by atoms with Crippen LogP contribution < -0.4 is 10.5 Å². The van der Waals surface area contributed by atoms with E-state index in [1.165, 1.54) is 24.3 Å². The maximum absolute atomic E-state index is 12.2. The fraction of sp³-hybridized carbons (Fsp3) is 0.133. The van der Waals surface area contributed by atoms with Crippen molar-refractivity contribution in [2.45, 2.75) is 18.2 Å². The van der Waals surface area contributed by atoms with Gasteiger partial charge in [-0.25, -0.2) is 13.6 Å². The largest absolute Gasteiger partial charge is 0.322 e. The summed E-state index contributed by atoms with van der Waals surface area (Å²) in [6, 6.07) is 13.1. The zero-order valence-electron chi connectivity index (χ0n) is 11.5. The van der Waals surface area contributed by atoms with E-state index in [4.69, 9.17) is 5.14 Å². The van der Waals surface area contributed by atoms with Crippen molar-refractivity contribution >= 4 is 21.6 Å². The third-order valence-electron chi connectivity index (χ3n) is 3.08. The van der Waals surface area contributed by atoms with E-state index in [1.807, 2.05) is 19.1 Å². The molecule has 3 N–H and O–H groups in total. The second-order valence-corrected chi connectivity index (χ2v) is 6.10. The molecule has 0 unspecified atom stereocenters. The van der Waals surface area contributed by atoms with Crippen LogP contribution in [-0.4, -0.2) is 14.3 Å². The molecule has 2 rings (SSSR count). The van der Waals surface area contributed by atoms with Gasteiger partial charge in [-0.1, -0.05) is 25.1 Å². The van der Waals surface area contributed by atoms with Gasteiger partial charge in [-0.15, -0.1) is 0 Å². The molecule has 0 atom stereocenters. The zero-order chi connectivity index (χ0) is 15.5. The number of hydrogen-bond donors (Lipinski definition) is 2. The molecule has 110 valence electrons. The fourth-order valence-corrected chi connectivity index (χ4v) is 2.49. The number of anilines is 1. The Hall–Kier alpha value is -2.18. The number of sulfonamides is 1. The average Bonchev–Trinajstić information content (AvgIpc) is 2.46. The van der Waals surface area contributed by atoms with Crippen LogP contribution in [0.4, 0.5) is 5.69 Å².